The lowest BCUT2D eigenvalue weighted by Gasteiger charge is -2.30. The van der Waals surface area contributed by atoms with Gasteiger partial charge >= 0.3 is 6.09 Å². The third-order valence-corrected chi connectivity index (χ3v) is 6.04. The summed E-state index contributed by atoms with van der Waals surface area (Å²) in [5.41, 5.74) is 0.501. The van der Waals surface area contributed by atoms with Crippen molar-refractivity contribution < 1.29 is 9.53 Å². The van der Waals surface area contributed by atoms with Crippen LogP contribution in [0.3, 0.4) is 0 Å². The van der Waals surface area contributed by atoms with Crippen molar-refractivity contribution in [2.24, 2.45) is 5.92 Å². The van der Waals surface area contributed by atoms with Crippen LogP contribution in [0.1, 0.15) is 66.2 Å². The number of unbranched alkanes of at least 4 members (excludes halogenated alkanes) is 1. The van der Waals surface area contributed by atoms with Crippen LogP contribution in [0.2, 0.25) is 0 Å². The first kappa shape index (κ1) is 22.8. The molecule has 1 fully saturated rings. The molecule has 0 bridgehead atoms. The molecule has 30 heavy (non-hydrogen) atoms. The summed E-state index contributed by atoms with van der Waals surface area (Å²) in [6, 6.07) is 0.195. The predicted molar refractivity (Wildman–Crippen MR) is 124 cm³/mol. The van der Waals surface area contributed by atoms with Gasteiger partial charge in [0.1, 0.15) is 11.2 Å². The number of rotatable bonds is 7. The third kappa shape index (κ3) is 6.33. The molecule has 166 valence electrons. The Morgan fingerprint density at radius 1 is 1.30 bits per heavy atom. The van der Waals surface area contributed by atoms with Gasteiger partial charge in [-0.3, -0.25) is 0 Å². The number of carbonyl (C=O) groups is 1. The van der Waals surface area contributed by atoms with E-state index in [4.69, 9.17) is 9.72 Å². The average molecular weight is 480 g/mol. The smallest absolute Gasteiger partial charge is 0.407 e. The Morgan fingerprint density at radius 2 is 2.03 bits per heavy atom. The number of carbonyl (C=O) groups excluding carboxylic acids is 1. The Hall–Kier alpha value is -1.83. The van der Waals surface area contributed by atoms with Crippen LogP contribution in [0.25, 0.3) is 11.0 Å². The minimum absolute atomic E-state index is 0.195. The van der Waals surface area contributed by atoms with Crippen LogP contribution in [0.15, 0.2) is 16.9 Å². The van der Waals surface area contributed by atoms with Crippen molar-refractivity contribution in [3.63, 3.8) is 0 Å². The molecule has 0 spiro atoms. The molecule has 7 nitrogen and oxygen atoms in total. The van der Waals surface area contributed by atoms with Crippen molar-refractivity contribution in [1.82, 2.24) is 19.9 Å². The second kappa shape index (κ2) is 9.98. The van der Waals surface area contributed by atoms with E-state index < -0.39 is 5.60 Å². The van der Waals surface area contributed by atoms with Gasteiger partial charge in [0.25, 0.3) is 0 Å². The molecule has 0 aromatic carbocycles. The Kier molecular flexibility index (Phi) is 7.60. The van der Waals surface area contributed by atoms with Crippen molar-refractivity contribution >= 4 is 39.0 Å². The number of amides is 1. The zero-order chi connectivity index (χ0) is 21.7. The summed E-state index contributed by atoms with van der Waals surface area (Å²) in [5, 5.41) is 7.37. The Bertz CT molecular complexity index is 853. The molecule has 3 rings (SSSR count). The van der Waals surface area contributed by atoms with Crippen molar-refractivity contribution in [1.29, 1.82) is 0 Å². The van der Waals surface area contributed by atoms with Gasteiger partial charge in [-0.2, -0.15) is 4.98 Å². The van der Waals surface area contributed by atoms with Crippen molar-refractivity contribution in [2.45, 2.75) is 84.4 Å². The Morgan fingerprint density at radius 3 is 2.70 bits per heavy atom. The summed E-state index contributed by atoms with van der Waals surface area (Å²) in [6.07, 6.45) is 10.0. The largest absolute Gasteiger partial charge is 0.444 e. The van der Waals surface area contributed by atoms with E-state index in [-0.39, 0.29) is 12.1 Å². The molecule has 0 atom stereocenters. The highest BCUT2D eigenvalue weighted by molar-refractivity contribution is 9.10. The fourth-order valence-corrected chi connectivity index (χ4v) is 4.40. The van der Waals surface area contributed by atoms with Crippen LogP contribution >= 0.6 is 15.9 Å². The number of fused-ring (bicyclic) bond motifs is 1. The van der Waals surface area contributed by atoms with Gasteiger partial charge in [0, 0.05) is 36.0 Å². The number of ether oxygens (including phenoxy) is 1. The van der Waals surface area contributed by atoms with Gasteiger partial charge in [-0.15, -0.1) is 0 Å². The van der Waals surface area contributed by atoms with E-state index in [0.29, 0.717) is 11.9 Å². The molecule has 1 aliphatic carbocycles. The van der Waals surface area contributed by atoms with Gasteiger partial charge < -0.3 is 19.9 Å². The maximum absolute atomic E-state index is 12.0. The molecular formula is C22H34BrN5O2. The van der Waals surface area contributed by atoms with E-state index in [0.717, 1.165) is 67.1 Å². The van der Waals surface area contributed by atoms with Crippen molar-refractivity contribution in [2.75, 3.05) is 11.9 Å². The van der Waals surface area contributed by atoms with E-state index >= 15 is 0 Å². The van der Waals surface area contributed by atoms with E-state index in [1.807, 2.05) is 27.0 Å². The zero-order valence-electron chi connectivity index (χ0n) is 18.5. The van der Waals surface area contributed by atoms with Gasteiger partial charge in [-0.25, -0.2) is 9.78 Å². The summed E-state index contributed by atoms with van der Waals surface area (Å²) >= 11 is 3.65. The minimum atomic E-state index is -0.462. The molecule has 2 aromatic heterocycles. The van der Waals surface area contributed by atoms with Crippen LogP contribution in [-0.4, -0.2) is 38.8 Å². The summed E-state index contributed by atoms with van der Waals surface area (Å²) in [5.74, 6) is 1.25. The number of nitrogens with zero attached hydrogens (tertiary/aromatic N) is 3. The predicted octanol–water partition coefficient (Wildman–Crippen LogP) is 5.49. The quantitative estimate of drug-likeness (QED) is 0.513. The molecular weight excluding hydrogens is 446 g/mol. The zero-order valence-corrected chi connectivity index (χ0v) is 20.1. The van der Waals surface area contributed by atoms with Crippen molar-refractivity contribution in [3.05, 3.63) is 16.9 Å². The highest BCUT2D eigenvalue weighted by Crippen LogP contribution is 2.30. The fourth-order valence-electron chi connectivity index (χ4n) is 3.87. The second-order valence-electron chi connectivity index (χ2n) is 9.20. The van der Waals surface area contributed by atoms with Crippen LogP contribution in [0, 0.1) is 5.92 Å². The molecule has 2 heterocycles. The molecule has 0 saturated heterocycles. The molecule has 1 saturated carbocycles. The number of hydrogen-bond donors (Lipinski definition) is 2. The summed E-state index contributed by atoms with van der Waals surface area (Å²) < 4.78 is 8.64. The molecule has 2 aromatic rings. The molecule has 2 N–H and O–H groups in total. The molecule has 0 radical (unpaired) electrons. The standard InChI is InChI=1S/C22H34BrN5O2/c1-5-6-11-24-20-25-12-17-18(23)14-28(19(17)27-20)13-15-7-9-16(10-8-15)26-21(29)30-22(2,3)4/h12,14-16H,5-11,13H2,1-4H3,(H,26,29)(H,24,25,27)/t15-,16-. The summed E-state index contributed by atoms with van der Waals surface area (Å²) in [4.78, 5) is 21.2. The van der Waals surface area contributed by atoms with E-state index in [1.54, 1.807) is 0 Å². The van der Waals surface area contributed by atoms with E-state index in [1.165, 1.54) is 0 Å². The molecule has 0 aliphatic heterocycles. The lowest BCUT2D eigenvalue weighted by molar-refractivity contribution is 0.0486. The monoisotopic (exact) mass is 479 g/mol. The number of aromatic nitrogens is 3. The van der Waals surface area contributed by atoms with Crippen LogP contribution in [0.5, 0.6) is 0 Å². The Labute approximate surface area is 187 Å². The van der Waals surface area contributed by atoms with Gasteiger partial charge in [0.05, 0.1) is 5.39 Å². The van der Waals surface area contributed by atoms with E-state index in [2.05, 4.69) is 49.2 Å². The first-order valence-corrected chi connectivity index (χ1v) is 11.8. The SMILES string of the molecule is CCCCNc1ncc2c(Br)cn(C[C@H]3CC[C@H](NC(=O)OC(C)(C)C)CC3)c2n1. The molecule has 1 aliphatic rings. The Balaban J connectivity index is 1.58. The number of halogens is 1. The number of hydrogen-bond acceptors (Lipinski definition) is 5. The van der Waals surface area contributed by atoms with Crippen molar-refractivity contribution in [3.8, 4) is 0 Å². The minimum Gasteiger partial charge on any atom is -0.444 e. The maximum Gasteiger partial charge on any atom is 0.407 e. The number of anilines is 1. The van der Waals surface area contributed by atoms with Crippen LogP contribution in [0.4, 0.5) is 10.7 Å². The molecule has 1 amide bonds. The lowest BCUT2D eigenvalue weighted by atomic mass is 9.86. The summed E-state index contributed by atoms with van der Waals surface area (Å²) in [7, 11) is 0. The van der Waals surface area contributed by atoms with Gasteiger partial charge in [-0.1, -0.05) is 13.3 Å². The lowest BCUT2D eigenvalue weighted by Crippen LogP contribution is -2.41. The third-order valence-electron chi connectivity index (χ3n) is 5.40. The van der Waals surface area contributed by atoms with Gasteiger partial charge in [0.15, 0.2) is 0 Å². The number of alkyl carbamates (subject to hydrolysis) is 1. The first-order chi connectivity index (χ1) is 14.2. The van der Waals surface area contributed by atoms with E-state index in [9.17, 15) is 4.79 Å². The number of nitrogens with one attached hydrogen (secondary N) is 2. The molecule has 0 unspecified atom stereocenters. The topological polar surface area (TPSA) is 81.1 Å². The maximum atomic E-state index is 12.0. The van der Waals surface area contributed by atoms with Crippen LogP contribution in [-0.2, 0) is 11.3 Å². The summed E-state index contributed by atoms with van der Waals surface area (Å²) in [6.45, 7) is 9.64. The average Bonchev–Trinajstić information content (AvgIpc) is 2.97. The second-order valence-corrected chi connectivity index (χ2v) is 10.1. The highest BCUT2D eigenvalue weighted by atomic mass is 79.9. The van der Waals surface area contributed by atoms with Gasteiger partial charge in [-0.05, 0) is 74.7 Å². The van der Waals surface area contributed by atoms with Gasteiger partial charge in [0.2, 0.25) is 5.95 Å². The molecule has 8 heteroatoms. The first-order valence-electron chi connectivity index (χ1n) is 11.0. The normalized spacial score (nSPS) is 19.6. The van der Waals surface area contributed by atoms with Crippen LogP contribution < -0.4 is 10.6 Å². The fraction of sp³-hybridized carbons (Fsp3) is 0.682. The highest BCUT2D eigenvalue weighted by Gasteiger charge is 2.25.